The Kier molecular flexibility index (Phi) is 4.72. The van der Waals surface area contributed by atoms with Crippen molar-refractivity contribution < 1.29 is 14.3 Å². The van der Waals surface area contributed by atoms with Crippen LogP contribution in [0.2, 0.25) is 0 Å². The lowest BCUT2D eigenvalue weighted by molar-refractivity contribution is -0.114. The van der Waals surface area contributed by atoms with Crippen molar-refractivity contribution in [3.05, 3.63) is 47.7 Å². The Morgan fingerprint density at radius 3 is 2.52 bits per heavy atom. The van der Waals surface area contributed by atoms with E-state index >= 15 is 0 Å². The first-order valence-corrected chi connectivity index (χ1v) is 9.03. The van der Waals surface area contributed by atoms with Gasteiger partial charge >= 0.3 is 5.97 Å². The van der Waals surface area contributed by atoms with E-state index in [0.29, 0.717) is 16.9 Å². The van der Waals surface area contributed by atoms with Crippen molar-refractivity contribution in [3.8, 4) is 11.1 Å². The number of fused-ring (bicyclic) bond motifs is 1. The van der Waals surface area contributed by atoms with Gasteiger partial charge in [0, 0.05) is 28.8 Å². The third kappa shape index (κ3) is 3.22. The maximum absolute atomic E-state index is 12.7. The Labute approximate surface area is 150 Å². The van der Waals surface area contributed by atoms with E-state index in [4.69, 9.17) is 10.5 Å². The van der Waals surface area contributed by atoms with E-state index in [2.05, 4.69) is 0 Å². The van der Waals surface area contributed by atoms with Crippen LogP contribution < -0.4 is 5.73 Å². The summed E-state index contributed by atoms with van der Waals surface area (Å²) in [6, 6.07) is 9.68. The molecule has 1 aliphatic rings. The lowest BCUT2D eigenvalue weighted by atomic mass is 10.1. The van der Waals surface area contributed by atoms with Gasteiger partial charge in [0.25, 0.3) is 0 Å². The normalized spacial score (nSPS) is 15.2. The number of primary amides is 1. The molecule has 5 nitrogen and oxygen atoms in total. The molecule has 0 aliphatic carbocycles. The fraction of sp³-hybridized carbons (Fsp3) is 0.263. The molecule has 0 fully saturated rings. The first kappa shape index (κ1) is 17.4. The van der Waals surface area contributed by atoms with E-state index in [-0.39, 0.29) is 12.1 Å². The minimum Gasteiger partial charge on any atom is -0.459 e. The highest BCUT2D eigenvalue weighted by molar-refractivity contribution is 8.00. The highest BCUT2D eigenvalue weighted by Gasteiger charge is 2.31. The van der Waals surface area contributed by atoms with Crippen molar-refractivity contribution >= 4 is 29.3 Å². The van der Waals surface area contributed by atoms with Crippen LogP contribution in [-0.2, 0) is 9.53 Å². The number of amides is 1. The summed E-state index contributed by atoms with van der Waals surface area (Å²) in [6.07, 6.45) is 1.68. The van der Waals surface area contributed by atoms with Gasteiger partial charge in [-0.15, -0.1) is 11.8 Å². The number of thioether (sulfide) groups is 1. The zero-order valence-electron chi connectivity index (χ0n) is 14.4. The number of nitrogens with zero attached hydrogens (tertiary/aromatic N) is 1. The summed E-state index contributed by atoms with van der Waals surface area (Å²) in [5, 5.41) is 0.792. The minimum atomic E-state index is -0.454. The summed E-state index contributed by atoms with van der Waals surface area (Å²) in [7, 11) is 0. The molecule has 2 aromatic rings. The van der Waals surface area contributed by atoms with E-state index in [1.807, 2.05) is 54.9 Å². The van der Waals surface area contributed by atoms with E-state index < -0.39 is 5.91 Å². The summed E-state index contributed by atoms with van der Waals surface area (Å²) in [5.41, 5.74) is 9.02. The van der Waals surface area contributed by atoms with E-state index in [9.17, 15) is 9.59 Å². The van der Waals surface area contributed by atoms with Gasteiger partial charge in [0.1, 0.15) is 0 Å². The molecule has 25 heavy (non-hydrogen) atoms. The van der Waals surface area contributed by atoms with Crippen molar-refractivity contribution in [1.29, 1.82) is 0 Å². The number of aromatic nitrogens is 1. The molecule has 1 aromatic carbocycles. The highest BCUT2D eigenvalue weighted by atomic mass is 32.2. The fourth-order valence-corrected chi connectivity index (χ4v) is 4.04. The van der Waals surface area contributed by atoms with Gasteiger partial charge in [-0.1, -0.05) is 30.3 Å². The van der Waals surface area contributed by atoms with Crippen LogP contribution in [0.5, 0.6) is 0 Å². The van der Waals surface area contributed by atoms with Gasteiger partial charge in [-0.05, 0) is 26.3 Å². The van der Waals surface area contributed by atoms with Gasteiger partial charge in [0.05, 0.1) is 16.7 Å². The number of hydrogen-bond acceptors (Lipinski definition) is 4. The lowest BCUT2D eigenvalue weighted by Gasteiger charge is -2.10. The number of nitrogens with two attached hydrogens (primary N) is 1. The molecule has 0 unspecified atom stereocenters. The number of rotatable bonds is 4. The van der Waals surface area contributed by atoms with Gasteiger partial charge in [0.15, 0.2) is 0 Å². The zero-order valence-corrected chi connectivity index (χ0v) is 15.2. The average Bonchev–Trinajstić information content (AvgIpc) is 3.12. The second-order valence-corrected chi connectivity index (χ2v) is 7.10. The second kappa shape index (κ2) is 6.80. The largest absolute Gasteiger partial charge is 0.459 e. The predicted molar refractivity (Wildman–Crippen MR) is 99.2 cm³/mol. The fourth-order valence-electron chi connectivity index (χ4n) is 2.77. The van der Waals surface area contributed by atoms with Crippen LogP contribution in [0.3, 0.4) is 0 Å². The molecule has 0 bridgehead atoms. The Morgan fingerprint density at radius 2 is 1.92 bits per heavy atom. The zero-order chi connectivity index (χ0) is 18.1. The SMILES string of the molecule is CC(C(N)=O)=C1CSc2c(C(=O)OC(C)C)c(-c3ccccc3)cn21. The number of carbonyl (C=O) groups is 2. The van der Waals surface area contributed by atoms with Crippen molar-refractivity contribution in [2.45, 2.75) is 31.9 Å². The van der Waals surface area contributed by atoms with Gasteiger partial charge in [-0.3, -0.25) is 4.79 Å². The number of carbonyl (C=O) groups excluding carboxylic acids is 2. The number of hydrogen-bond donors (Lipinski definition) is 1. The number of benzene rings is 1. The molecular formula is C19H20N2O3S. The quantitative estimate of drug-likeness (QED) is 0.672. The van der Waals surface area contributed by atoms with Gasteiger partial charge < -0.3 is 15.0 Å². The molecule has 3 rings (SSSR count). The van der Waals surface area contributed by atoms with Crippen LogP contribution in [-0.4, -0.2) is 28.3 Å². The Morgan fingerprint density at radius 1 is 1.24 bits per heavy atom. The lowest BCUT2D eigenvalue weighted by Crippen LogP contribution is -2.15. The minimum absolute atomic E-state index is 0.208. The summed E-state index contributed by atoms with van der Waals surface area (Å²) >= 11 is 1.52. The molecule has 0 saturated carbocycles. The van der Waals surface area contributed by atoms with Gasteiger partial charge in [-0.25, -0.2) is 4.79 Å². The molecule has 1 aliphatic heterocycles. The smallest absolute Gasteiger partial charge is 0.341 e. The van der Waals surface area contributed by atoms with Crippen molar-refractivity contribution in [3.63, 3.8) is 0 Å². The van der Waals surface area contributed by atoms with Crippen molar-refractivity contribution in [2.24, 2.45) is 5.73 Å². The van der Waals surface area contributed by atoms with Crippen LogP contribution in [0.25, 0.3) is 16.8 Å². The molecule has 1 aromatic heterocycles. The first-order chi connectivity index (χ1) is 11.9. The molecule has 0 atom stereocenters. The molecule has 6 heteroatoms. The molecule has 0 spiro atoms. The van der Waals surface area contributed by atoms with E-state index in [1.54, 1.807) is 6.92 Å². The third-order valence-electron chi connectivity index (χ3n) is 4.03. The van der Waals surface area contributed by atoms with E-state index in [1.165, 1.54) is 11.8 Å². The second-order valence-electron chi connectivity index (χ2n) is 6.14. The monoisotopic (exact) mass is 356 g/mol. The van der Waals surface area contributed by atoms with E-state index in [0.717, 1.165) is 21.8 Å². The molecule has 2 N–H and O–H groups in total. The van der Waals surface area contributed by atoms with Crippen molar-refractivity contribution in [1.82, 2.24) is 4.57 Å². The van der Waals surface area contributed by atoms with Crippen LogP contribution in [0.4, 0.5) is 0 Å². The molecular weight excluding hydrogens is 336 g/mol. The Balaban J connectivity index is 2.20. The number of esters is 1. The summed E-state index contributed by atoms with van der Waals surface area (Å²) in [5.74, 6) is -0.209. The van der Waals surface area contributed by atoms with Crippen LogP contribution in [0, 0.1) is 0 Å². The summed E-state index contributed by atoms with van der Waals surface area (Å²) in [6.45, 7) is 5.36. The third-order valence-corrected chi connectivity index (χ3v) is 5.12. The predicted octanol–water partition coefficient (Wildman–Crippen LogP) is 3.54. The molecule has 0 saturated heterocycles. The summed E-state index contributed by atoms with van der Waals surface area (Å²) < 4.78 is 7.34. The Hall–Kier alpha value is -2.47. The summed E-state index contributed by atoms with van der Waals surface area (Å²) in [4.78, 5) is 24.3. The van der Waals surface area contributed by atoms with Crippen LogP contribution >= 0.6 is 11.8 Å². The molecule has 130 valence electrons. The van der Waals surface area contributed by atoms with Gasteiger partial charge in [-0.2, -0.15) is 0 Å². The molecule has 0 radical (unpaired) electrons. The first-order valence-electron chi connectivity index (χ1n) is 8.04. The standard InChI is InChI=1S/C19H20N2O3S/c1-11(2)24-19(23)16-14(13-7-5-4-6-8-13)9-21-15(10-25-18(16)21)12(3)17(20)22/h4-9,11H,10H2,1-3H3,(H2,20,22). The molecule has 1 amide bonds. The topological polar surface area (TPSA) is 74.3 Å². The maximum atomic E-state index is 12.7. The van der Waals surface area contributed by atoms with Crippen LogP contribution in [0.15, 0.2) is 47.1 Å². The van der Waals surface area contributed by atoms with Gasteiger partial charge in [0.2, 0.25) is 5.91 Å². The van der Waals surface area contributed by atoms with Crippen LogP contribution in [0.1, 0.15) is 31.1 Å². The Bertz CT molecular complexity index is 866. The maximum Gasteiger partial charge on any atom is 0.341 e. The average molecular weight is 356 g/mol. The van der Waals surface area contributed by atoms with Crippen molar-refractivity contribution in [2.75, 3.05) is 5.75 Å². The number of ether oxygens (including phenoxy) is 1. The highest BCUT2D eigenvalue weighted by Crippen LogP contribution is 2.43. The molecule has 2 heterocycles.